The fourth-order valence-electron chi connectivity index (χ4n) is 1.66. The van der Waals surface area contributed by atoms with Gasteiger partial charge in [-0.3, -0.25) is 0 Å². The first kappa shape index (κ1) is 14.2. The monoisotopic (exact) mass is 304 g/mol. The third kappa shape index (κ3) is 3.04. The molecule has 19 heavy (non-hydrogen) atoms. The quantitative estimate of drug-likeness (QED) is 0.672. The molecule has 1 atom stereocenters. The van der Waals surface area contributed by atoms with Crippen molar-refractivity contribution >= 4 is 23.2 Å². The Morgan fingerprint density at radius 3 is 1.68 bits per heavy atom. The predicted octanol–water partition coefficient (Wildman–Crippen LogP) is 5.80. The van der Waals surface area contributed by atoms with Crippen molar-refractivity contribution in [2.75, 3.05) is 0 Å². The summed E-state index contributed by atoms with van der Waals surface area (Å²) in [4.78, 5) is 0. The van der Waals surface area contributed by atoms with Crippen LogP contribution in [0.25, 0.3) is 0 Å². The second-order valence-electron chi connectivity index (χ2n) is 4.04. The normalized spacial score (nSPS) is 13.3. The summed E-state index contributed by atoms with van der Waals surface area (Å²) in [5.74, 6) is -3.63. The zero-order valence-corrected chi connectivity index (χ0v) is 11.1. The van der Waals surface area contributed by atoms with Crippen molar-refractivity contribution in [2.45, 2.75) is 12.1 Å². The van der Waals surface area contributed by atoms with Gasteiger partial charge in [0.2, 0.25) is 0 Å². The van der Waals surface area contributed by atoms with Gasteiger partial charge in [-0.05, 0) is 29.8 Å². The lowest BCUT2D eigenvalue weighted by molar-refractivity contribution is -0.0809. The number of hydrogen-bond acceptors (Lipinski definition) is 0. The fraction of sp³-hybridized carbons (Fsp3) is 0.143. The van der Waals surface area contributed by atoms with Gasteiger partial charge in [-0.1, -0.05) is 47.5 Å². The van der Waals surface area contributed by atoms with Gasteiger partial charge < -0.3 is 0 Å². The van der Waals surface area contributed by atoms with E-state index in [9.17, 15) is 13.2 Å². The number of halogens is 5. The van der Waals surface area contributed by atoms with E-state index in [0.717, 1.165) is 12.1 Å². The second-order valence-corrected chi connectivity index (χ2v) is 4.92. The summed E-state index contributed by atoms with van der Waals surface area (Å²) in [5.41, 5.74) is -0.538. The lowest BCUT2D eigenvalue weighted by Crippen LogP contribution is -2.20. The molecule has 0 aliphatic heterocycles. The number of hydrogen-bond donors (Lipinski definition) is 0. The van der Waals surface area contributed by atoms with Crippen LogP contribution in [0, 0.1) is 0 Å². The third-order valence-electron chi connectivity index (χ3n) is 2.71. The van der Waals surface area contributed by atoms with E-state index in [4.69, 9.17) is 23.2 Å². The van der Waals surface area contributed by atoms with Crippen LogP contribution >= 0.6 is 23.2 Å². The fourth-order valence-corrected chi connectivity index (χ4v) is 1.91. The Labute approximate surface area is 118 Å². The largest absolute Gasteiger partial charge is 0.307 e. The molecule has 0 fully saturated rings. The Morgan fingerprint density at radius 2 is 1.21 bits per heavy atom. The molecule has 2 aromatic rings. The first-order chi connectivity index (χ1) is 8.91. The van der Waals surface area contributed by atoms with Gasteiger partial charge in [0.05, 0.1) is 0 Å². The van der Waals surface area contributed by atoms with Crippen molar-refractivity contribution in [3.63, 3.8) is 0 Å². The van der Waals surface area contributed by atoms with E-state index >= 15 is 0 Å². The molecule has 0 N–H and O–H groups in total. The first-order valence-corrected chi connectivity index (χ1v) is 6.20. The molecule has 5 heteroatoms. The number of rotatable bonds is 3. The molecule has 0 saturated heterocycles. The van der Waals surface area contributed by atoms with Gasteiger partial charge in [0.15, 0.2) is 6.17 Å². The van der Waals surface area contributed by atoms with Gasteiger partial charge in [0, 0.05) is 15.6 Å². The van der Waals surface area contributed by atoms with Crippen LogP contribution < -0.4 is 0 Å². The highest BCUT2D eigenvalue weighted by Gasteiger charge is 2.42. The van der Waals surface area contributed by atoms with Crippen LogP contribution in [-0.2, 0) is 5.92 Å². The Bertz CT molecular complexity index is 550. The number of alkyl halides is 3. The van der Waals surface area contributed by atoms with Crippen molar-refractivity contribution in [1.29, 1.82) is 0 Å². The molecule has 0 saturated carbocycles. The van der Waals surface area contributed by atoms with Gasteiger partial charge in [-0.2, -0.15) is 8.78 Å². The Kier molecular flexibility index (Phi) is 4.07. The van der Waals surface area contributed by atoms with E-state index in [2.05, 4.69) is 0 Å². The summed E-state index contributed by atoms with van der Waals surface area (Å²) in [7, 11) is 0. The molecule has 100 valence electrons. The standard InChI is InChI=1S/C14H9Cl2F3/c15-11-5-1-9(2-6-11)13(17)14(18,19)10-3-7-12(16)8-4-10/h1-8,13H. The summed E-state index contributed by atoms with van der Waals surface area (Å²) in [5, 5.41) is 0.687. The lowest BCUT2D eigenvalue weighted by atomic mass is 9.98. The van der Waals surface area contributed by atoms with E-state index in [0.29, 0.717) is 10.0 Å². The van der Waals surface area contributed by atoms with Gasteiger partial charge in [-0.25, -0.2) is 4.39 Å². The Morgan fingerprint density at radius 1 is 0.789 bits per heavy atom. The van der Waals surface area contributed by atoms with Crippen molar-refractivity contribution in [3.8, 4) is 0 Å². The molecular formula is C14H9Cl2F3. The molecular weight excluding hydrogens is 296 g/mol. The third-order valence-corrected chi connectivity index (χ3v) is 3.21. The predicted molar refractivity (Wildman–Crippen MR) is 70.6 cm³/mol. The van der Waals surface area contributed by atoms with E-state index in [1.807, 2.05) is 0 Å². The minimum absolute atomic E-state index is 0.121. The smallest absolute Gasteiger partial charge is 0.235 e. The second kappa shape index (κ2) is 5.43. The zero-order chi connectivity index (χ0) is 14.0. The highest BCUT2D eigenvalue weighted by Crippen LogP contribution is 2.43. The van der Waals surface area contributed by atoms with E-state index < -0.39 is 17.7 Å². The molecule has 0 radical (unpaired) electrons. The van der Waals surface area contributed by atoms with E-state index in [1.54, 1.807) is 0 Å². The maximum absolute atomic E-state index is 14.0. The summed E-state index contributed by atoms with van der Waals surface area (Å²) in [6.45, 7) is 0. The molecule has 0 heterocycles. The average Bonchev–Trinajstić information content (AvgIpc) is 2.39. The van der Waals surface area contributed by atoms with Crippen molar-refractivity contribution < 1.29 is 13.2 Å². The summed E-state index contributed by atoms with van der Waals surface area (Å²) in [6.07, 6.45) is -2.44. The minimum atomic E-state index is -3.63. The van der Waals surface area contributed by atoms with Gasteiger partial charge in [-0.15, -0.1) is 0 Å². The maximum atomic E-state index is 14.0. The van der Waals surface area contributed by atoms with Crippen LogP contribution in [0.2, 0.25) is 10.0 Å². The summed E-state index contributed by atoms with van der Waals surface area (Å²) in [6, 6.07) is 10.1. The summed E-state index contributed by atoms with van der Waals surface area (Å²) < 4.78 is 42.0. The molecule has 0 nitrogen and oxygen atoms in total. The van der Waals surface area contributed by atoms with Gasteiger partial charge in [0.1, 0.15) is 0 Å². The maximum Gasteiger partial charge on any atom is 0.307 e. The van der Waals surface area contributed by atoms with Crippen LogP contribution in [0.4, 0.5) is 13.2 Å². The van der Waals surface area contributed by atoms with Crippen LogP contribution in [0.15, 0.2) is 48.5 Å². The van der Waals surface area contributed by atoms with Crippen LogP contribution in [-0.4, -0.2) is 0 Å². The molecule has 1 unspecified atom stereocenters. The first-order valence-electron chi connectivity index (χ1n) is 5.44. The minimum Gasteiger partial charge on any atom is -0.235 e. The Balaban J connectivity index is 2.32. The van der Waals surface area contributed by atoms with E-state index in [1.165, 1.54) is 36.4 Å². The topological polar surface area (TPSA) is 0 Å². The highest BCUT2D eigenvalue weighted by molar-refractivity contribution is 6.30. The Hall–Kier alpha value is -1.19. The van der Waals surface area contributed by atoms with Crippen molar-refractivity contribution in [1.82, 2.24) is 0 Å². The molecule has 0 bridgehead atoms. The molecule has 2 aromatic carbocycles. The van der Waals surface area contributed by atoms with Gasteiger partial charge in [0.25, 0.3) is 0 Å². The van der Waals surface area contributed by atoms with Gasteiger partial charge >= 0.3 is 5.92 Å². The van der Waals surface area contributed by atoms with Crippen LogP contribution in [0.5, 0.6) is 0 Å². The van der Waals surface area contributed by atoms with Crippen LogP contribution in [0.3, 0.4) is 0 Å². The lowest BCUT2D eigenvalue weighted by Gasteiger charge is -2.21. The molecule has 0 aliphatic rings. The molecule has 0 amide bonds. The molecule has 2 rings (SSSR count). The van der Waals surface area contributed by atoms with Crippen molar-refractivity contribution in [2.24, 2.45) is 0 Å². The highest BCUT2D eigenvalue weighted by atomic mass is 35.5. The zero-order valence-electron chi connectivity index (χ0n) is 9.59. The SMILES string of the molecule is FC(c1ccc(Cl)cc1)C(F)(F)c1ccc(Cl)cc1. The van der Waals surface area contributed by atoms with E-state index in [-0.39, 0.29) is 5.56 Å². The number of benzene rings is 2. The molecule has 0 spiro atoms. The summed E-state index contributed by atoms with van der Waals surface area (Å²) >= 11 is 11.3. The van der Waals surface area contributed by atoms with Crippen molar-refractivity contribution in [3.05, 3.63) is 69.7 Å². The molecule has 0 aliphatic carbocycles. The average molecular weight is 305 g/mol. The molecule has 0 aromatic heterocycles. The van der Waals surface area contributed by atoms with Crippen LogP contribution in [0.1, 0.15) is 17.3 Å².